The van der Waals surface area contributed by atoms with E-state index in [0.29, 0.717) is 5.69 Å². The molecule has 0 aromatic heterocycles. The molecule has 88 valence electrons. The van der Waals surface area contributed by atoms with Crippen LogP contribution >= 0.6 is 11.6 Å². The molecule has 0 heterocycles. The normalized spacial score (nSPS) is 25.4. The van der Waals surface area contributed by atoms with E-state index in [1.54, 1.807) is 6.07 Å². The molecule has 0 saturated heterocycles. The van der Waals surface area contributed by atoms with Gasteiger partial charge in [-0.25, -0.2) is 4.39 Å². The maximum absolute atomic E-state index is 13.2. The molecule has 1 aromatic rings. The molecular formula is C12H15ClFNO. The minimum atomic E-state index is -0.433. The zero-order valence-corrected chi connectivity index (χ0v) is 9.67. The summed E-state index contributed by atoms with van der Waals surface area (Å²) in [6, 6.07) is 4.64. The average Bonchev–Trinajstić information content (AvgIpc) is 2.27. The number of benzene rings is 1. The first-order chi connectivity index (χ1) is 7.66. The SMILES string of the molecule is OC1CCCCC1Nc1ccc(Cl)c(F)c1. The summed E-state index contributed by atoms with van der Waals surface area (Å²) in [5.41, 5.74) is 0.674. The first kappa shape index (κ1) is 11.7. The predicted octanol–water partition coefficient (Wildman–Crippen LogP) is 3.19. The third kappa shape index (κ3) is 2.66. The fraction of sp³-hybridized carbons (Fsp3) is 0.500. The number of nitrogens with one attached hydrogen (secondary N) is 1. The zero-order valence-electron chi connectivity index (χ0n) is 8.92. The summed E-state index contributed by atoms with van der Waals surface area (Å²) >= 11 is 5.60. The van der Waals surface area contributed by atoms with Gasteiger partial charge in [-0.05, 0) is 31.0 Å². The van der Waals surface area contributed by atoms with E-state index in [4.69, 9.17) is 11.6 Å². The van der Waals surface area contributed by atoms with Crippen LogP contribution in [0, 0.1) is 5.82 Å². The lowest BCUT2D eigenvalue weighted by Crippen LogP contribution is -2.36. The Morgan fingerprint density at radius 3 is 2.75 bits per heavy atom. The van der Waals surface area contributed by atoms with Crippen LogP contribution in [0.4, 0.5) is 10.1 Å². The molecule has 0 amide bonds. The number of hydrogen-bond donors (Lipinski definition) is 2. The van der Waals surface area contributed by atoms with Crippen molar-refractivity contribution in [1.82, 2.24) is 0 Å². The lowest BCUT2D eigenvalue weighted by molar-refractivity contribution is 0.116. The van der Waals surface area contributed by atoms with E-state index in [-0.39, 0.29) is 17.2 Å². The molecule has 2 unspecified atom stereocenters. The predicted molar refractivity (Wildman–Crippen MR) is 63.3 cm³/mol. The summed E-state index contributed by atoms with van der Waals surface area (Å²) in [4.78, 5) is 0. The van der Waals surface area contributed by atoms with Gasteiger partial charge >= 0.3 is 0 Å². The van der Waals surface area contributed by atoms with E-state index < -0.39 is 5.82 Å². The topological polar surface area (TPSA) is 32.3 Å². The third-order valence-corrected chi connectivity index (χ3v) is 3.31. The molecule has 0 aliphatic heterocycles. The fourth-order valence-electron chi connectivity index (χ4n) is 2.08. The molecule has 4 heteroatoms. The molecule has 0 bridgehead atoms. The Hall–Kier alpha value is -0.800. The summed E-state index contributed by atoms with van der Waals surface area (Å²) in [5.74, 6) is -0.433. The van der Waals surface area contributed by atoms with Gasteiger partial charge in [0.05, 0.1) is 17.2 Å². The van der Waals surface area contributed by atoms with E-state index >= 15 is 0 Å². The molecule has 2 rings (SSSR count). The van der Waals surface area contributed by atoms with Crippen LogP contribution in [0.5, 0.6) is 0 Å². The second-order valence-corrected chi connectivity index (χ2v) is 4.64. The Morgan fingerprint density at radius 1 is 1.31 bits per heavy atom. The van der Waals surface area contributed by atoms with E-state index in [9.17, 15) is 9.50 Å². The van der Waals surface area contributed by atoms with Gasteiger partial charge in [0.1, 0.15) is 5.82 Å². The minimum absolute atomic E-state index is 0.0225. The summed E-state index contributed by atoms with van der Waals surface area (Å²) in [6.45, 7) is 0. The molecule has 16 heavy (non-hydrogen) atoms. The van der Waals surface area contributed by atoms with Gasteiger partial charge < -0.3 is 10.4 Å². The van der Waals surface area contributed by atoms with Crippen LogP contribution in [-0.4, -0.2) is 17.3 Å². The van der Waals surface area contributed by atoms with Crippen LogP contribution < -0.4 is 5.32 Å². The van der Waals surface area contributed by atoms with Gasteiger partial charge in [-0.15, -0.1) is 0 Å². The first-order valence-electron chi connectivity index (χ1n) is 5.56. The molecule has 2 N–H and O–H groups in total. The van der Waals surface area contributed by atoms with E-state index in [1.807, 2.05) is 0 Å². The lowest BCUT2D eigenvalue weighted by atomic mass is 9.92. The number of hydrogen-bond acceptors (Lipinski definition) is 2. The van der Waals surface area contributed by atoms with Gasteiger partial charge in [0.15, 0.2) is 0 Å². The standard InChI is InChI=1S/C12H15ClFNO/c13-9-6-5-8(7-10(9)14)15-11-3-1-2-4-12(11)16/h5-7,11-12,15-16H,1-4H2. The summed E-state index contributed by atoms with van der Waals surface area (Å²) in [6.07, 6.45) is 3.56. The zero-order chi connectivity index (χ0) is 11.5. The van der Waals surface area contributed by atoms with Crippen LogP contribution in [0.3, 0.4) is 0 Å². The van der Waals surface area contributed by atoms with Crippen molar-refractivity contribution in [2.75, 3.05) is 5.32 Å². The van der Waals surface area contributed by atoms with Crippen molar-refractivity contribution in [3.8, 4) is 0 Å². The second-order valence-electron chi connectivity index (χ2n) is 4.23. The first-order valence-corrected chi connectivity index (χ1v) is 5.94. The van der Waals surface area contributed by atoms with Crippen molar-refractivity contribution in [1.29, 1.82) is 0 Å². The highest BCUT2D eigenvalue weighted by atomic mass is 35.5. The highest BCUT2D eigenvalue weighted by molar-refractivity contribution is 6.30. The fourth-order valence-corrected chi connectivity index (χ4v) is 2.20. The van der Waals surface area contributed by atoms with Crippen molar-refractivity contribution in [3.05, 3.63) is 29.0 Å². The van der Waals surface area contributed by atoms with Crippen LogP contribution in [0.1, 0.15) is 25.7 Å². The molecule has 1 aliphatic rings. The Balaban J connectivity index is 2.05. The highest BCUT2D eigenvalue weighted by Crippen LogP contribution is 2.24. The third-order valence-electron chi connectivity index (χ3n) is 3.00. The van der Waals surface area contributed by atoms with Crippen molar-refractivity contribution >= 4 is 17.3 Å². The number of anilines is 1. The van der Waals surface area contributed by atoms with E-state index in [1.165, 1.54) is 12.1 Å². The minimum Gasteiger partial charge on any atom is -0.391 e. The van der Waals surface area contributed by atoms with Crippen molar-refractivity contribution < 1.29 is 9.50 Å². The molecule has 0 radical (unpaired) electrons. The molecule has 1 aliphatic carbocycles. The van der Waals surface area contributed by atoms with Crippen LogP contribution in [-0.2, 0) is 0 Å². The molecule has 2 atom stereocenters. The molecular weight excluding hydrogens is 229 g/mol. The van der Waals surface area contributed by atoms with Gasteiger partial charge in [-0.1, -0.05) is 24.4 Å². The van der Waals surface area contributed by atoms with Gasteiger partial charge in [0, 0.05) is 5.69 Å². The number of aliphatic hydroxyl groups excluding tert-OH is 1. The molecule has 2 nitrogen and oxygen atoms in total. The Morgan fingerprint density at radius 2 is 2.06 bits per heavy atom. The van der Waals surface area contributed by atoms with Crippen molar-refractivity contribution in [2.45, 2.75) is 37.8 Å². The summed E-state index contributed by atoms with van der Waals surface area (Å²) in [5, 5.41) is 13.0. The number of rotatable bonds is 2. The summed E-state index contributed by atoms with van der Waals surface area (Å²) < 4.78 is 13.2. The van der Waals surface area contributed by atoms with Crippen molar-refractivity contribution in [2.24, 2.45) is 0 Å². The smallest absolute Gasteiger partial charge is 0.143 e. The Kier molecular flexibility index (Phi) is 3.66. The van der Waals surface area contributed by atoms with Crippen molar-refractivity contribution in [3.63, 3.8) is 0 Å². The van der Waals surface area contributed by atoms with Crippen LogP contribution in [0.2, 0.25) is 5.02 Å². The highest BCUT2D eigenvalue weighted by Gasteiger charge is 2.22. The van der Waals surface area contributed by atoms with E-state index in [0.717, 1.165) is 25.7 Å². The monoisotopic (exact) mass is 243 g/mol. The van der Waals surface area contributed by atoms with Gasteiger partial charge in [0.25, 0.3) is 0 Å². The molecule has 0 spiro atoms. The quantitative estimate of drug-likeness (QED) is 0.836. The maximum atomic E-state index is 13.2. The number of aliphatic hydroxyl groups is 1. The lowest BCUT2D eigenvalue weighted by Gasteiger charge is -2.29. The Labute approximate surface area is 99.4 Å². The average molecular weight is 244 g/mol. The molecule has 1 aromatic carbocycles. The molecule has 1 fully saturated rings. The second kappa shape index (κ2) is 5.02. The summed E-state index contributed by atoms with van der Waals surface area (Å²) in [7, 11) is 0. The Bertz CT molecular complexity index is 372. The van der Waals surface area contributed by atoms with E-state index in [2.05, 4.69) is 5.32 Å². The maximum Gasteiger partial charge on any atom is 0.143 e. The van der Waals surface area contributed by atoms with Crippen LogP contribution in [0.15, 0.2) is 18.2 Å². The number of halogens is 2. The molecule has 1 saturated carbocycles. The van der Waals surface area contributed by atoms with Gasteiger partial charge in [-0.3, -0.25) is 0 Å². The van der Waals surface area contributed by atoms with Gasteiger partial charge in [-0.2, -0.15) is 0 Å². The largest absolute Gasteiger partial charge is 0.391 e. The van der Waals surface area contributed by atoms with Gasteiger partial charge in [0.2, 0.25) is 0 Å². The van der Waals surface area contributed by atoms with Crippen LogP contribution in [0.25, 0.3) is 0 Å².